The van der Waals surface area contributed by atoms with Crippen LogP contribution in [0.15, 0.2) is 64.0 Å². The molecule has 132 valence electrons. The first kappa shape index (κ1) is 16.3. The molecule has 0 spiro atoms. The number of aryl methyl sites for hydroxylation is 1. The Hall–Kier alpha value is -3.15. The van der Waals surface area contributed by atoms with Crippen molar-refractivity contribution in [1.82, 2.24) is 15.1 Å². The Morgan fingerprint density at radius 2 is 2.04 bits per heavy atom. The highest BCUT2D eigenvalue weighted by Crippen LogP contribution is 2.30. The van der Waals surface area contributed by atoms with Gasteiger partial charge in [0.05, 0.1) is 18.0 Å². The van der Waals surface area contributed by atoms with Crippen molar-refractivity contribution in [3.05, 3.63) is 76.5 Å². The fraction of sp³-hybridized carbons (Fsp3) is 0.250. The standard InChI is InChI=1S/C20H19N3O3/c24-19(21-17-7-4-8-18-15(17)11-12-26-18)13-23-20(25)10-9-16(22-23)14-5-2-1-3-6-14/h1-3,5-6,9-12,17H,4,7-8,13H2,(H,21,24). The van der Waals surface area contributed by atoms with Crippen LogP contribution in [0, 0.1) is 0 Å². The number of nitrogens with zero attached hydrogens (tertiary/aromatic N) is 2. The van der Waals surface area contributed by atoms with Gasteiger partial charge in [-0.2, -0.15) is 5.10 Å². The van der Waals surface area contributed by atoms with Gasteiger partial charge in [0.25, 0.3) is 5.56 Å². The summed E-state index contributed by atoms with van der Waals surface area (Å²) in [4.78, 5) is 24.6. The van der Waals surface area contributed by atoms with Crippen LogP contribution in [0.2, 0.25) is 0 Å². The molecule has 6 heteroatoms. The second kappa shape index (κ2) is 7.00. The molecule has 26 heavy (non-hydrogen) atoms. The van der Waals surface area contributed by atoms with E-state index in [4.69, 9.17) is 4.42 Å². The number of nitrogens with one attached hydrogen (secondary N) is 1. The number of benzene rings is 1. The highest BCUT2D eigenvalue weighted by molar-refractivity contribution is 5.76. The van der Waals surface area contributed by atoms with Gasteiger partial charge in [-0.15, -0.1) is 0 Å². The van der Waals surface area contributed by atoms with Crippen LogP contribution in [0.25, 0.3) is 11.3 Å². The molecule has 1 aliphatic carbocycles. The van der Waals surface area contributed by atoms with Crippen molar-refractivity contribution in [3.8, 4) is 11.3 Å². The third-order valence-corrected chi connectivity index (χ3v) is 4.62. The first-order valence-electron chi connectivity index (χ1n) is 8.70. The number of furan rings is 1. The molecular weight excluding hydrogens is 330 g/mol. The molecular formula is C20H19N3O3. The maximum atomic E-state index is 12.5. The van der Waals surface area contributed by atoms with Gasteiger partial charge < -0.3 is 9.73 Å². The summed E-state index contributed by atoms with van der Waals surface area (Å²) in [7, 11) is 0. The van der Waals surface area contributed by atoms with Gasteiger partial charge in [-0.3, -0.25) is 9.59 Å². The summed E-state index contributed by atoms with van der Waals surface area (Å²) in [6.07, 6.45) is 4.39. The number of amides is 1. The molecule has 1 aromatic carbocycles. The summed E-state index contributed by atoms with van der Waals surface area (Å²) in [5.74, 6) is 0.701. The largest absolute Gasteiger partial charge is 0.469 e. The second-order valence-electron chi connectivity index (χ2n) is 6.39. The summed E-state index contributed by atoms with van der Waals surface area (Å²) >= 11 is 0. The van der Waals surface area contributed by atoms with Crippen molar-refractivity contribution < 1.29 is 9.21 Å². The second-order valence-corrected chi connectivity index (χ2v) is 6.39. The van der Waals surface area contributed by atoms with E-state index in [0.717, 1.165) is 36.1 Å². The lowest BCUT2D eigenvalue weighted by atomic mass is 9.93. The van der Waals surface area contributed by atoms with Crippen molar-refractivity contribution >= 4 is 5.91 Å². The maximum Gasteiger partial charge on any atom is 0.267 e. The van der Waals surface area contributed by atoms with E-state index in [0.29, 0.717) is 5.69 Å². The lowest BCUT2D eigenvalue weighted by Gasteiger charge is -2.22. The van der Waals surface area contributed by atoms with E-state index in [1.54, 1.807) is 12.3 Å². The summed E-state index contributed by atoms with van der Waals surface area (Å²) in [5, 5.41) is 7.33. The van der Waals surface area contributed by atoms with Crippen molar-refractivity contribution in [1.29, 1.82) is 0 Å². The van der Waals surface area contributed by atoms with Crippen LogP contribution in [0.1, 0.15) is 30.2 Å². The molecule has 1 aliphatic rings. The number of hydrogen-bond acceptors (Lipinski definition) is 4. The zero-order valence-corrected chi connectivity index (χ0v) is 14.2. The average molecular weight is 349 g/mol. The fourth-order valence-corrected chi connectivity index (χ4v) is 3.34. The molecule has 0 aliphatic heterocycles. The predicted octanol–water partition coefficient (Wildman–Crippen LogP) is 2.70. The van der Waals surface area contributed by atoms with Crippen LogP contribution in [-0.2, 0) is 17.8 Å². The van der Waals surface area contributed by atoms with Crippen LogP contribution >= 0.6 is 0 Å². The minimum atomic E-state index is -0.299. The zero-order valence-electron chi connectivity index (χ0n) is 14.2. The van der Waals surface area contributed by atoms with Gasteiger partial charge in [0.2, 0.25) is 5.91 Å². The van der Waals surface area contributed by atoms with Crippen molar-refractivity contribution in [3.63, 3.8) is 0 Å². The van der Waals surface area contributed by atoms with Gasteiger partial charge in [0.1, 0.15) is 12.3 Å². The Morgan fingerprint density at radius 1 is 1.19 bits per heavy atom. The summed E-state index contributed by atoms with van der Waals surface area (Å²) in [5.41, 5.74) is 2.29. The normalized spacial score (nSPS) is 16.1. The number of carbonyl (C=O) groups excluding carboxylic acids is 1. The number of aromatic nitrogens is 2. The minimum Gasteiger partial charge on any atom is -0.469 e. The quantitative estimate of drug-likeness (QED) is 0.786. The Kier molecular flexibility index (Phi) is 4.39. The van der Waals surface area contributed by atoms with E-state index in [1.165, 1.54) is 10.7 Å². The van der Waals surface area contributed by atoms with Gasteiger partial charge in [0.15, 0.2) is 0 Å². The molecule has 0 radical (unpaired) electrons. The molecule has 2 aromatic heterocycles. The fourth-order valence-electron chi connectivity index (χ4n) is 3.34. The van der Waals surface area contributed by atoms with E-state index >= 15 is 0 Å². The van der Waals surface area contributed by atoms with Gasteiger partial charge in [-0.1, -0.05) is 30.3 Å². The molecule has 0 saturated heterocycles. The molecule has 1 N–H and O–H groups in total. The predicted molar refractivity (Wildman–Crippen MR) is 96.5 cm³/mol. The maximum absolute atomic E-state index is 12.5. The summed E-state index contributed by atoms with van der Waals surface area (Å²) in [6, 6.07) is 14.5. The zero-order chi connectivity index (χ0) is 17.9. The van der Waals surface area contributed by atoms with E-state index in [1.807, 2.05) is 36.4 Å². The Labute approximate surface area is 150 Å². The monoisotopic (exact) mass is 349 g/mol. The molecule has 6 nitrogen and oxygen atoms in total. The van der Waals surface area contributed by atoms with Crippen LogP contribution in [0.5, 0.6) is 0 Å². The Balaban J connectivity index is 1.51. The van der Waals surface area contributed by atoms with E-state index < -0.39 is 0 Å². The van der Waals surface area contributed by atoms with E-state index in [2.05, 4.69) is 10.4 Å². The molecule has 1 atom stereocenters. The van der Waals surface area contributed by atoms with Crippen molar-refractivity contribution in [2.45, 2.75) is 31.8 Å². The molecule has 3 aromatic rings. The summed E-state index contributed by atoms with van der Waals surface area (Å²) < 4.78 is 6.66. The van der Waals surface area contributed by atoms with Crippen LogP contribution in [0.4, 0.5) is 0 Å². The number of carbonyl (C=O) groups is 1. The molecule has 1 amide bonds. The topological polar surface area (TPSA) is 77.1 Å². The minimum absolute atomic E-state index is 0.0713. The van der Waals surface area contributed by atoms with Crippen LogP contribution in [0.3, 0.4) is 0 Å². The smallest absolute Gasteiger partial charge is 0.267 e. The first-order valence-corrected chi connectivity index (χ1v) is 8.70. The molecule has 0 saturated carbocycles. The third kappa shape index (κ3) is 3.31. The highest BCUT2D eigenvalue weighted by atomic mass is 16.3. The first-order chi connectivity index (χ1) is 12.7. The number of rotatable bonds is 4. The molecule has 1 unspecified atom stereocenters. The van der Waals surface area contributed by atoms with E-state index in [9.17, 15) is 9.59 Å². The SMILES string of the molecule is O=C(Cn1nc(-c2ccccc2)ccc1=O)NC1CCCc2occc21. The molecule has 2 heterocycles. The van der Waals surface area contributed by atoms with E-state index in [-0.39, 0.29) is 24.1 Å². The highest BCUT2D eigenvalue weighted by Gasteiger charge is 2.24. The van der Waals surface area contributed by atoms with Crippen LogP contribution in [-0.4, -0.2) is 15.7 Å². The number of fused-ring (bicyclic) bond motifs is 1. The lowest BCUT2D eigenvalue weighted by molar-refractivity contribution is -0.122. The molecule has 4 rings (SSSR count). The molecule has 0 bridgehead atoms. The van der Waals surface area contributed by atoms with Crippen molar-refractivity contribution in [2.24, 2.45) is 0 Å². The van der Waals surface area contributed by atoms with Gasteiger partial charge in [-0.05, 0) is 25.0 Å². The Morgan fingerprint density at radius 3 is 2.88 bits per heavy atom. The Bertz CT molecular complexity index is 975. The number of hydrogen-bond donors (Lipinski definition) is 1. The third-order valence-electron chi connectivity index (χ3n) is 4.62. The molecule has 0 fully saturated rings. The van der Waals surface area contributed by atoms with Gasteiger partial charge in [0, 0.05) is 23.6 Å². The van der Waals surface area contributed by atoms with Crippen molar-refractivity contribution in [2.75, 3.05) is 0 Å². The van der Waals surface area contributed by atoms with Gasteiger partial charge >= 0.3 is 0 Å². The van der Waals surface area contributed by atoms with Crippen LogP contribution < -0.4 is 10.9 Å². The van der Waals surface area contributed by atoms with Gasteiger partial charge in [-0.25, -0.2) is 4.68 Å². The lowest BCUT2D eigenvalue weighted by Crippen LogP contribution is -2.36. The average Bonchev–Trinajstić information content (AvgIpc) is 3.14. The summed E-state index contributed by atoms with van der Waals surface area (Å²) in [6.45, 7) is -0.108.